The number of carbonyl (C=O) groups is 1. The number of nitrogens with one attached hydrogen (secondary N) is 1. The maximum atomic E-state index is 13.3. The molecule has 3 N–H and O–H groups in total. The first-order valence-corrected chi connectivity index (χ1v) is 10.5. The van der Waals surface area contributed by atoms with Crippen molar-refractivity contribution in [1.29, 1.82) is 0 Å². The molecule has 0 spiro atoms. The van der Waals surface area contributed by atoms with Crippen LogP contribution in [0.2, 0.25) is 0 Å². The molecule has 1 aliphatic carbocycles. The molecule has 0 atom stereocenters. The molecule has 4 aromatic rings. The number of nitrogens with two attached hydrogens (primary N) is 1. The summed E-state index contributed by atoms with van der Waals surface area (Å²) in [5.41, 5.74) is 9.86. The summed E-state index contributed by atoms with van der Waals surface area (Å²) in [7, 11) is 0. The van der Waals surface area contributed by atoms with Gasteiger partial charge in [0.15, 0.2) is 0 Å². The smallest absolute Gasteiger partial charge is 0.236 e. The number of aromatic nitrogens is 4. The Labute approximate surface area is 185 Å². The molecule has 5 rings (SSSR count). The molecular formula is C25H22N6O. The van der Waals surface area contributed by atoms with E-state index in [1.165, 1.54) is 0 Å². The van der Waals surface area contributed by atoms with E-state index in [1.54, 1.807) is 31.0 Å². The number of hydrogen-bond donors (Lipinski definition) is 2. The molecular weight excluding hydrogens is 400 g/mol. The van der Waals surface area contributed by atoms with Gasteiger partial charge in [0.1, 0.15) is 5.82 Å². The summed E-state index contributed by atoms with van der Waals surface area (Å²) in [6.45, 7) is 0. The standard InChI is InChI=1S/C25H22N6O/c26-24-29-15-20(16-30-24)17-4-7-21(8-5-17)25(10-2-11-25)23(32)31-22-9-6-19(14-28-22)18-3-1-12-27-13-18/h1,3-9,12-16H,2,10-11H2,(H2,26,29,30)(H,28,31,32). The molecule has 1 amide bonds. The van der Waals surface area contributed by atoms with Gasteiger partial charge in [-0.05, 0) is 42.2 Å². The highest BCUT2D eigenvalue weighted by molar-refractivity contribution is 5.99. The average molecular weight is 422 g/mol. The van der Waals surface area contributed by atoms with E-state index >= 15 is 0 Å². The predicted molar refractivity (Wildman–Crippen MR) is 124 cm³/mol. The Kier molecular flexibility index (Phi) is 5.07. The highest BCUT2D eigenvalue weighted by atomic mass is 16.2. The van der Waals surface area contributed by atoms with E-state index in [0.717, 1.165) is 47.1 Å². The van der Waals surface area contributed by atoms with E-state index in [0.29, 0.717) is 5.82 Å². The first kappa shape index (κ1) is 19.8. The van der Waals surface area contributed by atoms with Crippen LogP contribution in [0.15, 0.2) is 79.5 Å². The Bertz CT molecular complexity index is 1220. The largest absolute Gasteiger partial charge is 0.368 e. The van der Waals surface area contributed by atoms with Crippen molar-refractivity contribution in [2.45, 2.75) is 24.7 Å². The van der Waals surface area contributed by atoms with Crippen LogP contribution in [0.5, 0.6) is 0 Å². The van der Waals surface area contributed by atoms with Gasteiger partial charge in [-0.1, -0.05) is 36.8 Å². The maximum Gasteiger partial charge on any atom is 0.236 e. The molecule has 0 radical (unpaired) electrons. The van der Waals surface area contributed by atoms with Gasteiger partial charge in [0, 0.05) is 47.7 Å². The molecule has 1 fully saturated rings. The maximum absolute atomic E-state index is 13.3. The van der Waals surface area contributed by atoms with E-state index in [-0.39, 0.29) is 11.9 Å². The lowest BCUT2D eigenvalue weighted by Crippen LogP contribution is -2.46. The van der Waals surface area contributed by atoms with E-state index in [2.05, 4.69) is 25.3 Å². The minimum atomic E-state index is -0.528. The van der Waals surface area contributed by atoms with E-state index in [9.17, 15) is 4.79 Å². The molecule has 3 aromatic heterocycles. The second-order valence-corrected chi connectivity index (χ2v) is 7.97. The molecule has 0 unspecified atom stereocenters. The third kappa shape index (κ3) is 3.69. The number of amides is 1. The van der Waals surface area contributed by atoms with Crippen molar-refractivity contribution in [3.63, 3.8) is 0 Å². The second kappa shape index (κ2) is 8.19. The molecule has 7 heteroatoms. The van der Waals surface area contributed by atoms with Crippen LogP contribution in [0.25, 0.3) is 22.3 Å². The van der Waals surface area contributed by atoms with Crippen molar-refractivity contribution in [3.8, 4) is 22.3 Å². The number of benzene rings is 1. The Morgan fingerprint density at radius 2 is 1.50 bits per heavy atom. The summed E-state index contributed by atoms with van der Waals surface area (Å²) >= 11 is 0. The van der Waals surface area contributed by atoms with Crippen molar-refractivity contribution < 1.29 is 4.79 Å². The Morgan fingerprint density at radius 3 is 2.09 bits per heavy atom. The van der Waals surface area contributed by atoms with Gasteiger partial charge in [0.05, 0.1) is 5.41 Å². The minimum absolute atomic E-state index is 0.0195. The summed E-state index contributed by atoms with van der Waals surface area (Å²) in [6.07, 6.45) is 11.3. The molecule has 158 valence electrons. The lowest BCUT2D eigenvalue weighted by atomic mass is 9.63. The Hall–Kier alpha value is -4.13. The zero-order valence-corrected chi connectivity index (χ0v) is 17.4. The highest BCUT2D eigenvalue weighted by Gasteiger charge is 2.45. The molecule has 0 aliphatic heterocycles. The van der Waals surface area contributed by atoms with Gasteiger partial charge in [-0.2, -0.15) is 0 Å². The number of hydrogen-bond acceptors (Lipinski definition) is 6. The van der Waals surface area contributed by atoms with Crippen molar-refractivity contribution >= 4 is 17.7 Å². The van der Waals surface area contributed by atoms with Gasteiger partial charge < -0.3 is 11.1 Å². The van der Waals surface area contributed by atoms with Gasteiger partial charge in [0.2, 0.25) is 11.9 Å². The van der Waals surface area contributed by atoms with Crippen LogP contribution < -0.4 is 11.1 Å². The predicted octanol–water partition coefficient (Wildman–Crippen LogP) is 4.24. The third-order valence-corrected chi connectivity index (χ3v) is 6.08. The Balaban J connectivity index is 1.33. The number of carbonyl (C=O) groups excluding carboxylic acids is 1. The van der Waals surface area contributed by atoms with Crippen LogP contribution in [-0.4, -0.2) is 25.8 Å². The van der Waals surface area contributed by atoms with Crippen LogP contribution in [-0.2, 0) is 10.2 Å². The first-order valence-electron chi connectivity index (χ1n) is 10.5. The first-order chi connectivity index (χ1) is 15.6. The minimum Gasteiger partial charge on any atom is -0.368 e. The number of pyridine rings is 2. The van der Waals surface area contributed by atoms with Crippen LogP contribution in [0.4, 0.5) is 11.8 Å². The number of anilines is 2. The summed E-state index contributed by atoms with van der Waals surface area (Å²) < 4.78 is 0. The summed E-state index contributed by atoms with van der Waals surface area (Å²) in [5, 5.41) is 3.01. The van der Waals surface area contributed by atoms with Gasteiger partial charge in [-0.25, -0.2) is 15.0 Å². The lowest BCUT2D eigenvalue weighted by Gasteiger charge is -2.40. The van der Waals surface area contributed by atoms with Gasteiger partial charge in [-0.15, -0.1) is 0 Å². The van der Waals surface area contributed by atoms with Crippen molar-refractivity contribution in [3.05, 3.63) is 85.1 Å². The zero-order valence-electron chi connectivity index (χ0n) is 17.4. The van der Waals surface area contributed by atoms with Crippen LogP contribution >= 0.6 is 0 Å². The molecule has 7 nitrogen and oxygen atoms in total. The van der Waals surface area contributed by atoms with E-state index < -0.39 is 5.41 Å². The number of rotatable bonds is 5. The quantitative estimate of drug-likeness (QED) is 0.498. The molecule has 3 heterocycles. The van der Waals surface area contributed by atoms with Crippen molar-refractivity contribution in [2.75, 3.05) is 11.1 Å². The summed E-state index contributed by atoms with van der Waals surface area (Å²) in [4.78, 5) is 29.9. The molecule has 1 aromatic carbocycles. The molecule has 0 bridgehead atoms. The van der Waals surface area contributed by atoms with Crippen LogP contribution in [0, 0.1) is 0 Å². The molecule has 32 heavy (non-hydrogen) atoms. The Morgan fingerprint density at radius 1 is 0.812 bits per heavy atom. The van der Waals surface area contributed by atoms with Crippen LogP contribution in [0.1, 0.15) is 24.8 Å². The topological polar surface area (TPSA) is 107 Å². The van der Waals surface area contributed by atoms with Gasteiger partial charge in [0.25, 0.3) is 0 Å². The highest BCUT2D eigenvalue weighted by Crippen LogP contribution is 2.45. The molecule has 0 saturated heterocycles. The monoisotopic (exact) mass is 422 g/mol. The molecule has 1 aliphatic rings. The summed E-state index contributed by atoms with van der Waals surface area (Å²) in [6, 6.07) is 15.7. The fourth-order valence-corrected chi connectivity index (χ4v) is 4.05. The zero-order chi connectivity index (χ0) is 22.0. The lowest BCUT2D eigenvalue weighted by molar-refractivity contribution is -0.124. The van der Waals surface area contributed by atoms with Crippen molar-refractivity contribution in [2.24, 2.45) is 0 Å². The summed E-state index contributed by atoms with van der Waals surface area (Å²) in [5.74, 6) is 0.774. The third-order valence-electron chi connectivity index (χ3n) is 6.08. The molecule has 1 saturated carbocycles. The average Bonchev–Trinajstić information content (AvgIpc) is 2.80. The fourth-order valence-electron chi connectivity index (χ4n) is 4.05. The SMILES string of the molecule is Nc1ncc(-c2ccc(C3(C(=O)Nc4ccc(-c5cccnc5)cn4)CCC3)cc2)cn1. The number of nitrogen functional groups attached to an aromatic ring is 1. The fraction of sp³-hybridized carbons (Fsp3) is 0.160. The normalized spacial score (nSPS) is 14.4. The second-order valence-electron chi connectivity index (χ2n) is 7.97. The van der Waals surface area contributed by atoms with E-state index in [4.69, 9.17) is 5.73 Å². The van der Waals surface area contributed by atoms with Crippen molar-refractivity contribution in [1.82, 2.24) is 19.9 Å². The van der Waals surface area contributed by atoms with E-state index in [1.807, 2.05) is 48.5 Å². The van der Waals surface area contributed by atoms with Gasteiger partial charge >= 0.3 is 0 Å². The van der Waals surface area contributed by atoms with Gasteiger partial charge in [-0.3, -0.25) is 9.78 Å². The number of nitrogens with zero attached hydrogens (tertiary/aromatic N) is 4. The van der Waals surface area contributed by atoms with Crippen LogP contribution in [0.3, 0.4) is 0 Å².